The second-order valence-electron chi connectivity index (χ2n) is 10.2. The van der Waals surface area contributed by atoms with Crippen molar-refractivity contribution < 1.29 is 4.79 Å². The van der Waals surface area contributed by atoms with Gasteiger partial charge in [0.25, 0.3) is 0 Å². The number of carbonyl (C=O) groups excluding carboxylic acids is 1. The Hall–Kier alpha value is -1.61. The third-order valence-electron chi connectivity index (χ3n) is 7.60. The van der Waals surface area contributed by atoms with Gasteiger partial charge in [-0.15, -0.1) is 5.10 Å². The van der Waals surface area contributed by atoms with Crippen molar-refractivity contribution in [3.63, 3.8) is 0 Å². The van der Waals surface area contributed by atoms with Crippen molar-refractivity contribution in [3.05, 3.63) is 4.77 Å². The molecule has 1 aromatic heterocycles. The molecule has 3 heterocycles. The summed E-state index contributed by atoms with van der Waals surface area (Å²) in [5.41, 5.74) is 0. The van der Waals surface area contributed by atoms with E-state index in [9.17, 15) is 4.79 Å². The third kappa shape index (κ3) is 5.30. The fraction of sp³-hybridized carbons (Fsp3) is 0.870. The summed E-state index contributed by atoms with van der Waals surface area (Å²) in [7, 11) is 0. The molecule has 9 heteroatoms. The van der Waals surface area contributed by atoms with Gasteiger partial charge >= 0.3 is 6.03 Å². The molecule has 2 saturated heterocycles. The molecule has 0 atom stereocenters. The van der Waals surface area contributed by atoms with Crippen LogP contribution in [-0.2, 0) is 6.67 Å². The highest BCUT2D eigenvalue weighted by molar-refractivity contribution is 7.71. The fourth-order valence-electron chi connectivity index (χ4n) is 5.53. The molecular weight excluding hydrogens is 422 g/mol. The number of amides is 2. The van der Waals surface area contributed by atoms with Crippen LogP contribution in [0.25, 0.3) is 0 Å². The summed E-state index contributed by atoms with van der Waals surface area (Å²) in [5, 5.41) is 11.4. The molecule has 0 aromatic carbocycles. The first kappa shape index (κ1) is 22.2. The fourth-order valence-corrected chi connectivity index (χ4v) is 5.86. The summed E-state index contributed by atoms with van der Waals surface area (Å²) in [6, 6.07) is 1.19. The van der Waals surface area contributed by atoms with Gasteiger partial charge in [-0.3, -0.25) is 9.47 Å². The monoisotopic (exact) mass is 461 g/mol. The number of nitrogens with one attached hydrogen (secondary N) is 2. The lowest BCUT2D eigenvalue weighted by molar-refractivity contribution is 0.150. The second kappa shape index (κ2) is 10.1. The maximum atomic E-state index is 12.4. The SMILES string of the molecule is O=C(NC1CCCCC1)NC1CCN(Cn2nc(N3CCCCC3)n(C3CC3)c2=S)CC1. The number of hydrogen-bond donors (Lipinski definition) is 2. The molecule has 0 bridgehead atoms. The molecule has 2 aliphatic heterocycles. The molecule has 1 aromatic rings. The summed E-state index contributed by atoms with van der Waals surface area (Å²) >= 11 is 5.87. The molecule has 4 aliphatic rings. The van der Waals surface area contributed by atoms with Crippen LogP contribution in [0.2, 0.25) is 0 Å². The largest absolute Gasteiger partial charge is 0.341 e. The molecule has 0 radical (unpaired) electrons. The molecule has 4 fully saturated rings. The van der Waals surface area contributed by atoms with Crippen molar-refractivity contribution in [1.29, 1.82) is 0 Å². The Balaban J connectivity index is 1.14. The molecule has 5 rings (SSSR count). The number of hydrogen-bond acceptors (Lipinski definition) is 5. The van der Waals surface area contributed by atoms with Crippen LogP contribution in [0.15, 0.2) is 0 Å². The van der Waals surface area contributed by atoms with E-state index in [1.807, 2.05) is 4.68 Å². The number of aromatic nitrogens is 3. The predicted octanol–water partition coefficient (Wildman–Crippen LogP) is 3.79. The maximum Gasteiger partial charge on any atom is 0.315 e. The molecule has 2 aliphatic carbocycles. The zero-order valence-electron chi connectivity index (χ0n) is 19.3. The summed E-state index contributed by atoms with van der Waals surface area (Å²) in [6.07, 6.45) is 14.3. The average molecular weight is 462 g/mol. The van der Waals surface area contributed by atoms with Crippen LogP contribution in [0.3, 0.4) is 0 Å². The van der Waals surface area contributed by atoms with Crippen molar-refractivity contribution in [2.24, 2.45) is 0 Å². The van der Waals surface area contributed by atoms with Gasteiger partial charge in [0.05, 0.1) is 6.67 Å². The van der Waals surface area contributed by atoms with E-state index in [1.54, 1.807) is 0 Å². The number of urea groups is 1. The number of anilines is 1. The summed E-state index contributed by atoms with van der Waals surface area (Å²) in [4.78, 5) is 17.3. The van der Waals surface area contributed by atoms with E-state index in [1.165, 1.54) is 51.4 Å². The van der Waals surface area contributed by atoms with Crippen molar-refractivity contribution >= 4 is 24.2 Å². The zero-order chi connectivity index (χ0) is 21.9. The third-order valence-corrected chi connectivity index (χ3v) is 8.01. The minimum absolute atomic E-state index is 0.0203. The topological polar surface area (TPSA) is 70.4 Å². The molecule has 2 amide bonds. The smallest absolute Gasteiger partial charge is 0.315 e. The van der Waals surface area contributed by atoms with Gasteiger partial charge in [0.15, 0.2) is 0 Å². The normalized spacial score (nSPS) is 23.9. The van der Waals surface area contributed by atoms with Gasteiger partial charge in [0.1, 0.15) is 0 Å². The Morgan fingerprint density at radius 2 is 1.47 bits per heavy atom. The van der Waals surface area contributed by atoms with Gasteiger partial charge in [0.2, 0.25) is 10.7 Å². The molecule has 32 heavy (non-hydrogen) atoms. The Bertz CT molecular complexity index is 828. The lowest BCUT2D eigenvalue weighted by Crippen LogP contribution is -2.50. The standard InChI is InChI=1S/C23H39N7OS/c31-21(24-18-7-3-1-4-8-18)25-19-11-15-27(16-12-19)17-29-23(32)30(20-9-10-20)22(26-29)28-13-5-2-6-14-28/h18-20H,1-17H2,(H2,24,25,31). The van der Waals surface area contributed by atoms with Crippen LogP contribution in [-0.4, -0.2) is 63.5 Å². The summed E-state index contributed by atoms with van der Waals surface area (Å²) in [6.45, 7) is 4.87. The Labute approximate surface area is 196 Å². The van der Waals surface area contributed by atoms with E-state index in [0.717, 1.165) is 69.3 Å². The number of nitrogens with zero attached hydrogens (tertiary/aromatic N) is 5. The molecule has 2 N–H and O–H groups in total. The van der Waals surface area contributed by atoms with Gasteiger partial charge in [-0.1, -0.05) is 19.3 Å². The Kier molecular flexibility index (Phi) is 7.02. The molecule has 0 unspecified atom stereocenters. The maximum absolute atomic E-state index is 12.4. The van der Waals surface area contributed by atoms with E-state index in [0.29, 0.717) is 12.1 Å². The highest BCUT2D eigenvalue weighted by Crippen LogP contribution is 2.38. The number of piperidine rings is 2. The van der Waals surface area contributed by atoms with E-state index in [-0.39, 0.29) is 12.1 Å². The number of likely N-dealkylation sites (tertiary alicyclic amines) is 1. The van der Waals surface area contributed by atoms with Crippen LogP contribution >= 0.6 is 12.2 Å². The summed E-state index contributed by atoms with van der Waals surface area (Å²) in [5.74, 6) is 1.09. The summed E-state index contributed by atoms with van der Waals surface area (Å²) < 4.78 is 5.24. The Morgan fingerprint density at radius 3 is 2.12 bits per heavy atom. The lowest BCUT2D eigenvalue weighted by Gasteiger charge is -2.32. The molecule has 2 saturated carbocycles. The first-order chi connectivity index (χ1) is 15.7. The van der Waals surface area contributed by atoms with Crippen LogP contribution in [0.1, 0.15) is 83.1 Å². The van der Waals surface area contributed by atoms with Crippen LogP contribution in [0.5, 0.6) is 0 Å². The van der Waals surface area contributed by atoms with E-state index in [2.05, 4.69) is 25.0 Å². The zero-order valence-corrected chi connectivity index (χ0v) is 20.1. The molecule has 0 spiro atoms. The van der Waals surface area contributed by atoms with E-state index in [4.69, 9.17) is 17.3 Å². The highest BCUT2D eigenvalue weighted by atomic mass is 32.1. The molecule has 8 nitrogen and oxygen atoms in total. The first-order valence-corrected chi connectivity index (χ1v) is 13.3. The van der Waals surface area contributed by atoms with Crippen LogP contribution < -0.4 is 15.5 Å². The molecular formula is C23H39N7OS. The van der Waals surface area contributed by atoms with Crippen molar-refractivity contribution in [2.45, 2.75) is 102 Å². The number of rotatable bonds is 6. The van der Waals surface area contributed by atoms with E-state index < -0.39 is 0 Å². The van der Waals surface area contributed by atoms with Crippen molar-refractivity contribution in [2.75, 3.05) is 31.1 Å². The van der Waals surface area contributed by atoms with Gasteiger partial charge in [-0.2, -0.15) is 0 Å². The minimum atomic E-state index is 0.0203. The second-order valence-corrected chi connectivity index (χ2v) is 10.6. The first-order valence-electron chi connectivity index (χ1n) is 12.9. The van der Waals surface area contributed by atoms with Crippen molar-refractivity contribution in [1.82, 2.24) is 29.9 Å². The minimum Gasteiger partial charge on any atom is -0.341 e. The van der Waals surface area contributed by atoms with Crippen LogP contribution in [0.4, 0.5) is 10.7 Å². The van der Waals surface area contributed by atoms with Gasteiger partial charge < -0.3 is 15.5 Å². The van der Waals surface area contributed by atoms with Crippen molar-refractivity contribution in [3.8, 4) is 0 Å². The molecule has 178 valence electrons. The van der Waals surface area contributed by atoms with Gasteiger partial charge in [0, 0.05) is 44.3 Å². The quantitative estimate of drug-likeness (QED) is 0.631. The van der Waals surface area contributed by atoms with Gasteiger partial charge in [-0.05, 0) is 70.0 Å². The van der Waals surface area contributed by atoms with E-state index >= 15 is 0 Å². The Morgan fingerprint density at radius 1 is 0.844 bits per heavy atom. The highest BCUT2D eigenvalue weighted by Gasteiger charge is 2.31. The number of carbonyl (C=O) groups is 1. The van der Waals surface area contributed by atoms with Crippen LogP contribution in [0, 0.1) is 4.77 Å². The van der Waals surface area contributed by atoms with Gasteiger partial charge in [-0.25, -0.2) is 9.48 Å². The average Bonchev–Trinajstić information content (AvgIpc) is 3.60. The predicted molar refractivity (Wildman–Crippen MR) is 129 cm³/mol. The lowest BCUT2D eigenvalue weighted by atomic mass is 9.96.